The van der Waals surface area contributed by atoms with Crippen LogP contribution in [0.2, 0.25) is 0 Å². The number of amides is 2. The second-order valence-electron chi connectivity index (χ2n) is 20.7. The Hall–Kier alpha value is -2.67. The molecular formula is C46H78N2O35. The second kappa shape index (κ2) is 30.5. The van der Waals surface area contributed by atoms with Crippen molar-refractivity contribution in [3.8, 4) is 0 Å². The molecule has 6 aliphatic heterocycles. The van der Waals surface area contributed by atoms with Crippen molar-refractivity contribution >= 4 is 18.1 Å². The molecule has 0 radical (unpaired) electrons. The summed E-state index contributed by atoms with van der Waals surface area (Å²) in [5.74, 6) is -1.85. The van der Waals surface area contributed by atoms with Crippen molar-refractivity contribution in [2.45, 2.75) is 229 Å². The third kappa shape index (κ3) is 15.4. The first kappa shape index (κ1) is 69.4. The number of carbonyl (C=O) groups excluding carboxylic acids is 3. The monoisotopic (exact) mass is 1220 g/mol. The molecule has 0 aromatic rings. The molecule has 0 spiro atoms. The van der Waals surface area contributed by atoms with Gasteiger partial charge in [-0.2, -0.15) is 0 Å². The molecule has 6 rings (SSSR count). The highest BCUT2D eigenvalue weighted by molar-refractivity contribution is 5.73. The first-order chi connectivity index (χ1) is 39.2. The van der Waals surface area contributed by atoms with E-state index in [9.17, 15) is 117 Å². The van der Waals surface area contributed by atoms with Gasteiger partial charge in [0.1, 0.15) is 165 Å². The Balaban J connectivity index is 1.36. The lowest BCUT2D eigenvalue weighted by Crippen LogP contribution is -2.72. The lowest BCUT2D eigenvalue weighted by Gasteiger charge is -2.52. The molecule has 6 aliphatic rings. The van der Waals surface area contributed by atoms with E-state index in [4.69, 9.17) is 56.8 Å². The zero-order valence-electron chi connectivity index (χ0n) is 44.5. The first-order valence-electron chi connectivity index (χ1n) is 26.3. The van der Waals surface area contributed by atoms with Crippen molar-refractivity contribution in [3.05, 3.63) is 0 Å². The summed E-state index contributed by atoms with van der Waals surface area (Å²) in [6.07, 6.45) is -64.9. The quantitative estimate of drug-likeness (QED) is 0.0399. The fraction of sp³-hybridized carbons (Fsp3) is 0.935. The third-order valence-corrected chi connectivity index (χ3v) is 14.9. The zero-order valence-corrected chi connectivity index (χ0v) is 44.5. The summed E-state index contributed by atoms with van der Waals surface area (Å²) in [5.41, 5.74) is 0. The van der Waals surface area contributed by atoms with Crippen LogP contribution in [-0.4, -0.2) is 368 Å². The maximum atomic E-state index is 13.2. The van der Waals surface area contributed by atoms with E-state index in [2.05, 4.69) is 10.6 Å². The van der Waals surface area contributed by atoms with E-state index in [1.807, 2.05) is 0 Å². The van der Waals surface area contributed by atoms with E-state index in [0.29, 0.717) is 0 Å². The molecule has 0 saturated carbocycles. The standard InChI is InChI=1S/C46H78N2O35/c1-11-23(60)29(66)31(68)43(72-11)81-38-22(48-13(3)57)42(83-39-27(64)18(8-53)75-45(33(39)70)78-35(15(59)5-50)24(61)14(58)4-49)77-20(10-55)36(38)79-46-34(71)40(28(65)19(9-54)76-46)82-41-21(47-12(2)56)37(26(63)17(7-52)73-41)80-44-32(69)30(67)25(62)16(6-51)74-44/h4,11,14-46,50-55,58-71H,5-10H2,1-3H3,(H,47,56)(H,48,57)/t11-,14-,15+,16+,17+,18+,19+,20+,21+,22+,23+,24+,25-,26+,27-,28-,29+,30-,31-,32+,33+,34+,35+,36+,37+,38+,39-,40-,41-,42-,43-,44-,45-,46-/m0/s1. The topological polar surface area (TPSA) is 591 Å². The van der Waals surface area contributed by atoms with Crippen LogP contribution in [-0.2, 0) is 71.2 Å². The lowest BCUT2D eigenvalue weighted by atomic mass is 9.93. The minimum atomic E-state index is -2.36. The van der Waals surface area contributed by atoms with Crippen molar-refractivity contribution in [3.63, 3.8) is 0 Å². The predicted molar refractivity (Wildman–Crippen MR) is 255 cm³/mol. The SMILES string of the molecule is CC(=O)N[C@H]1[C@H](O[C@H]2[C@@H](O)[C@@H](CO)O[C@@H](O[C@@H]([C@H](O)[C@@H](O)C=O)[C@H](O)CO)[C@@H]2O)O[C@H](CO)[C@@H](O[C@@H]2O[C@H](CO)[C@H](O)[C@H](O[C@@H]3O[C@H](CO)[C@@H](O)[C@H](O[C@@H]4O[C@H](CO)[C@H](O)[C@H](O)[C@H]4O)[C@H]3NC(C)=O)[C@H]2O)[C@@H]1O[C@@H]1O[C@@H](C)[C@@H](O)[C@@H](O)[C@@H]1O. The van der Waals surface area contributed by atoms with E-state index in [1.54, 1.807) is 0 Å². The van der Waals surface area contributed by atoms with Gasteiger partial charge in [-0.15, -0.1) is 0 Å². The summed E-state index contributed by atoms with van der Waals surface area (Å²) in [5, 5.41) is 220. The van der Waals surface area contributed by atoms with E-state index in [-0.39, 0.29) is 6.29 Å². The minimum Gasteiger partial charge on any atom is -0.394 e. The number of hydrogen-bond acceptors (Lipinski definition) is 35. The molecular weight excluding hydrogens is 1140 g/mol. The first-order valence-corrected chi connectivity index (χ1v) is 26.3. The Morgan fingerprint density at radius 2 is 0.795 bits per heavy atom. The van der Waals surface area contributed by atoms with Crippen LogP contribution in [0.25, 0.3) is 0 Å². The summed E-state index contributed by atoms with van der Waals surface area (Å²) in [6.45, 7) is -3.37. The molecule has 0 aliphatic carbocycles. The van der Waals surface area contributed by atoms with Gasteiger partial charge in [0.05, 0.1) is 45.7 Å². The normalized spacial score (nSPS) is 46.7. The molecule has 37 heteroatoms. The van der Waals surface area contributed by atoms with Gasteiger partial charge in [0.25, 0.3) is 0 Å². The molecule has 0 unspecified atom stereocenters. The summed E-state index contributed by atoms with van der Waals surface area (Å²) in [4.78, 5) is 37.3. The molecule has 6 fully saturated rings. The van der Waals surface area contributed by atoms with Crippen LogP contribution in [0.1, 0.15) is 20.8 Å². The molecule has 6 heterocycles. The number of aliphatic hydroxyl groups is 20. The molecule has 0 aromatic heterocycles. The van der Waals surface area contributed by atoms with Crippen molar-refractivity contribution < 1.29 is 173 Å². The van der Waals surface area contributed by atoms with Gasteiger partial charge in [0.15, 0.2) is 44.0 Å². The Morgan fingerprint density at radius 3 is 1.27 bits per heavy atom. The van der Waals surface area contributed by atoms with Crippen LogP contribution < -0.4 is 10.6 Å². The maximum Gasteiger partial charge on any atom is 0.217 e. The van der Waals surface area contributed by atoms with Gasteiger partial charge in [-0.05, 0) is 6.92 Å². The lowest BCUT2D eigenvalue weighted by molar-refractivity contribution is -0.394. The fourth-order valence-corrected chi connectivity index (χ4v) is 10.3. The number of aldehydes is 1. The van der Waals surface area contributed by atoms with Crippen LogP contribution in [0.15, 0.2) is 0 Å². The molecule has 34 atom stereocenters. The van der Waals surface area contributed by atoms with Gasteiger partial charge < -0.3 is 174 Å². The van der Waals surface area contributed by atoms with Gasteiger partial charge in [-0.25, -0.2) is 0 Å². The van der Waals surface area contributed by atoms with Gasteiger partial charge in [-0.1, -0.05) is 0 Å². The summed E-state index contributed by atoms with van der Waals surface area (Å²) in [7, 11) is 0. The number of carbonyl (C=O) groups is 3. The average molecular weight is 1220 g/mol. The van der Waals surface area contributed by atoms with Crippen LogP contribution in [0.5, 0.6) is 0 Å². The molecule has 0 aromatic carbocycles. The molecule has 2 amide bonds. The zero-order chi connectivity index (χ0) is 61.6. The van der Waals surface area contributed by atoms with Crippen LogP contribution in [0.3, 0.4) is 0 Å². The summed E-state index contributed by atoms with van der Waals surface area (Å²) in [6, 6.07) is -3.76. The highest BCUT2D eigenvalue weighted by Crippen LogP contribution is 2.38. The molecule has 83 heavy (non-hydrogen) atoms. The molecule has 0 bridgehead atoms. The van der Waals surface area contributed by atoms with Crippen molar-refractivity contribution in [2.75, 3.05) is 39.6 Å². The predicted octanol–water partition coefficient (Wildman–Crippen LogP) is -15.1. The Bertz CT molecular complexity index is 2030. The van der Waals surface area contributed by atoms with Crippen molar-refractivity contribution in [1.29, 1.82) is 0 Å². The van der Waals surface area contributed by atoms with E-state index < -0.39 is 260 Å². The van der Waals surface area contributed by atoms with E-state index in [1.165, 1.54) is 6.92 Å². The van der Waals surface area contributed by atoms with Crippen LogP contribution in [0, 0.1) is 0 Å². The van der Waals surface area contributed by atoms with E-state index >= 15 is 0 Å². The van der Waals surface area contributed by atoms with Crippen LogP contribution in [0.4, 0.5) is 0 Å². The molecule has 37 nitrogen and oxygen atoms in total. The molecule has 22 N–H and O–H groups in total. The largest absolute Gasteiger partial charge is 0.394 e. The van der Waals surface area contributed by atoms with Crippen molar-refractivity contribution in [2.24, 2.45) is 0 Å². The average Bonchev–Trinajstić information content (AvgIpc) is 2.63. The fourth-order valence-electron chi connectivity index (χ4n) is 10.3. The number of hydrogen-bond donors (Lipinski definition) is 22. The third-order valence-electron chi connectivity index (χ3n) is 14.9. The Kier molecular flexibility index (Phi) is 25.5. The van der Waals surface area contributed by atoms with Crippen molar-refractivity contribution in [1.82, 2.24) is 10.6 Å². The van der Waals surface area contributed by atoms with Gasteiger partial charge in [0, 0.05) is 13.8 Å². The van der Waals surface area contributed by atoms with Gasteiger partial charge in [0.2, 0.25) is 11.8 Å². The minimum absolute atomic E-state index is 0.156. The Labute approximate surface area is 470 Å². The van der Waals surface area contributed by atoms with Crippen LogP contribution >= 0.6 is 0 Å². The molecule has 6 saturated heterocycles. The summed E-state index contributed by atoms with van der Waals surface area (Å²) >= 11 is 0. The number of aliphatic hydroxyl groups excluding tert-OH is 20. The Morgan fingerprint density at radius 1 is 0.434 bits per heavy atom. The smallest absolute Gasteiger partial charge is 0.217 e. The molecule has 482 valence electrons. The highest BCUT2D eigenvalue weighted by atomic mass is 16.8. The second-order valence-corrected chi connectivity index (χ2v) is 20.7. The number of ether oxygens (including phenoxy) is 12. The van der Waals surface area contributed by atoms with Gasteiger partial charge in [-0.3, -0.25) is 9.59 Å². The maximum absolute atomic E-state index is 13.2. The number of rotatable bonds is 24. The van der Waals surface area contributed by atoms with E-state index in [0.717, 1.165) is 13.8 Å². The highest BCUT2D eigenvalue weighted by Gasteiger charge is 2.59. The number of nitrogens with one attached hydrogen (secondary N) is 2. The van der Waals surface area contributed by atoms with Gasteiger partial charge >= 0.3 is 0 Å². The summed E-state index contributed by atoms with van der Waals surface area (Å²) < 4.78 is 70.2.